The topological polar surface area (TPSA) is 32.8 Å². The van der Waals surface area contributed by atoms with E-state index in [1.165, 1.54) is 36.3 Å². The average molecular weight is 373 g/mol. The lowest BCUT2D eigenvalue weighted by Gasteiger charge is -2.24. The van der Waals surface area contributed by atoms with Crippen LogP contribution >= 0.6 is 12.2 Å². The molecule has 26 heavy (non-hydrogen) atoms. The van der Waals surface area contributed by atoms with Gasteiger partial charge in [0.05, 0.1) is 0 Å². The van der Waals surface area contributed by atoms with Crippen molar-refractivity contribution in [2.75, 3.05) is 24.5 Å². The van der Waals surface area contributed by atoms with Crippen molar-refractivity contribution >= 4 is 35.1 Å². The van der Waals surface area contributed by atoms with Crippen molar-refractivity contribution in [1.82, 2.24) is 4.90 Å². The summed E-state index contributed by atoms with van der Waals surface area (Å²) >= 11 is 5.10. The summed E-state index contributed by atoms with van der Waals surface area (Å²) in [5.41, 5.74) is 2.14. The lowest BCUT2D eigenvalue weighted by atomic mass is 10.1. The maximum absolute atomic E-state index is 12.3. The summed E-state index contributed by atoms with van der Waals surface area (Å²) in [6.45, 7) is 10.6. The largest absolute Gasteiger partial charge is 0.426 e. The van der Waals surface area contributed by atoms with Gasteiger partial charge in [-0.3, -0.25) is 9.69 Å². The average Bonchev–Trinajstić information content (AvgIpc) is 2.90. The monoisotopic (exact) mass is 372 g/mol. The van der Waals surface area contributed by atoms with Crippen LogP contribution in [-0.2, 0) is 9.53 Å². The number of amides is 1. The number of hydrogen-bond donors (Lipinski definition) is 0. The first kappa shape index (κ1) is 20.2. The summed E-state index contributed by atoms with van der Waals surface area (Å²) in [7, 11) is 0. The van der Waals surface area contributed by atoms with E-state index in [1.807, 2.05) is 12.1 Å². The van der Waals surface area contributed by atoms with Crippen LogP contribution in [0.4, 0.5) is 5.69 Å². The van der Waals surface area contributed by atoms with Gasteiger partial charge in [-0.05, 0) is 48.8 Å². The third-order valence-corrected chi connectivity index (χ3v) is 4.61. The summed E-state index contributed by atoms with van der Waals surface area (Å²) < 4.78 is 5.44. The molecule has 0 aromatic heterocycles. The first-order valence-corrected chi connectivity index (χ1v) is 9.72. The van der Waals surface area contributed by atoms with Crippen LogP contribution in [0.15, 0.2) is 42.7 Å². The van der Waals surface area contributed by atoms with Gasteiger partial charge in [0.2, 0.25) is 0 Å². The van der Waals surface area contributed by atoms with Gasteiger partial charge in [0.1, 0.15) is 0 Å². The molecule has 0 spiro atoms. The van der Waals surface area contributed by atoms with Crippen LogP contribution in [0.5, 0.6) is 0 Å². The van der Waals surface area contributed by atoms with E-state index in [9.17, 15) is 4.79 Å². The van der Waals surface area contributed by atoms with Gasteiger partial charge in [0, 0.05) is 25.3 Å². The molecule has 1 aliphatic rings. The molecule has 0 saturated carbocycles. The maximum Gasteiger partial charge on any atom is 0.297 e. The van der Waals surface area contributed by atoms with Crippen molar-refractivity contribution in [1.29, 1.82) is 0 Å². The Bertz CT molecular complexity index is 659. The van der Waals surface area contributed by atoms with E-state index >= 15 is 0 Å². The van der Waals surface area contributed by atoms with E-state index in [1.54, 1.807) is 12.2 Å². The molecule has 0 radical (unpaired) electrons. The number of ether oxygens (including phenoxy) is 1. The van der Waals surface area contributed by atoms with E-state index in [2.05, 4.69) is 37.5 Å². The van der Waals surface area contributed by atoms with Gasteiger partial charge in [0.15, 0.2) is 5.76 Å². The van der Waals surface area contributed by atoms with Crippen LogP contribution in [0.1, 0.15) is 45.1 Å². The number of hydrogen-bond acceptors (Lipinski definition) is 4. The zero-order valence-corrected chi connectivity index (χ0v) is 16.6. The third-order valence-electron chi connectivity index (χ3n) is 4.30. The summed E-state index contributed by atoms with van der Waals surface area (Å²) in [5.74, 6) is 0.0462. The number of anilines is 1. The van der Waals surface area contributed by atoms with Crippen LogP contribution in [-0.4, -0.2) is 35.6 Å². The van der Waals surface area contributed by atoms with E-state index in [0.29, 0.717) is 6.54 Å². The fourth-order valence-corrected chi connectivity index (χ4v) is 3.03. The minimum absolute atomic E-state index is 0.183. The van der Waals surface area contributed by atoms with E-state index in [-0.39, 0.29) is 16.8 Å². The number of unbranched alkanes of at least 4 members (excludes halogenated alkanes) is 2. The molecular formula is C21H28N2O2S. The van der Waals surface area contributed by atoms with E-state index in [0.717, 1.165) is 18.7 Å². The fraction of sp³-hybridized carbons (Fsp3) is 0.429. The highest BCUT2D eigenvalue weighted by Gasteiger charge is 2.32. The van der Waals surface area contributed by atoms with Crippen LogP contribution in [0.25, 0.3) is 6.08 Å². The molecule has 0 unspecified atom stereocenters. The van der Waals surface area contributed by atoms with Crippen molar-refractivity contribution in [3.63, 3.8) is 0 Å². The molecule has 140 valence electrons. The number of carbonyl (C=O) groups excluding carboxylic acids is 1. The molecule has 0 bridgehead atoms. The number of rotatable bonds is 10. The quantitative estimate of drug-likeness (QED) is 0.337. The third kappa shape index (κ3) is 5.18. The van der Waals surface area contributed by atoms with Crippen molar-refractivity contribution < 1.29 is 9.53 Å². The zero-order valence-electron chi connectivity index (χ0n) is 15.7. The first-order chi connectivity index (χ1) is 12.6. The van der Waals surface area contributed by atoms with Crippen LogP contribution in [0.3, 0.4) is 0 Å². The number of thiocarbonyl (C=S) groups is 1. The van der Waals surface area contributed by atoms with Crippen LogP contribution in [0.2, 0.25) is 0 Å². The second kappa shape index (κ2) is 10.1. The van der Waals surface area contributed by atoms with E-state index < -0.39 is 0 Å². The number of benzene rings is 1. The van der Waals surface area contributed by atoms with Gasteiger partial charge >= 0.3 is 0 Å². The predicted molar refractivity (Wildman–Crippen MR) is 112 cm³/mol. The highest BCUT2D eigenvalue weighted by Crippen LogP contribution is 2.22. The Morgan fingerprint density at radius 2 is 1.77 bits per heavy atom. The second-order valence-electron chi connectivity index (χ2n) is 6.37. The standard InChI is InChI=1S/C21H28N2O2S/c1-4-7-14-22(15-8-5-2)18-11-9-17(10-12-18)16-19-20(24)23(13-6-3)21(26)25-19/h6,9-12,16H,3-5,7-8,13-15H2,1-2H3. The Morgan fingerprint density at radius 3 is 2.31 bits per heavy atom. The molecule has 0 aliphatic carbocycles. The molecule has 1 fully saturated rings. The summed E-state index contributed by atoms with van der Waals surface area (Å²) in [6.07, 6.45) is 8.13. The number of carbonyl (C=O) groups is 1. The molecule has 1 aliphatic heterocycles. The maximum atomic E-state index is 12.3. The molecule has 0 N–H and O–H groups in total. The summed E-state index contributed by atoms with van der Waals surface area (Å²) in [5, 5.41) is 0.183. The van der Waals surface area contributed by atoms with Crippen LogP contribution < -0.4 is 4.90 Å². The molecule has 1 aromatic carbocycles. The molecule has 5 heteroatoms. The Morgan fingerprint density at radius 1 is 1.15 bits per heavy atom. The Balaban J connectivity index is 2.11. The second-order valence-corrected chi connectivity index (χ2v) is 6.72. The molecule has 4 nitrogen and oxygen atoms in total. The van der Waals surface area contributed by atoms with Crippen LogP contribution in [0, 0.1) is 0 Å². The summed E-state index contributed by atoms with van der Waals surface area (Å²) in [4.78, 5) is 16.1. The molecule has 1 aromatic rings. The summed E-state index contributed by atoms with van der Waals surface area (Å²) in [6, 6.07) is 8.25. The SMILES string of the molecule is C=CCN1C(=O)C(=Cc2ccc(N(CCCC)CCCC)cc2)OC1=S. The molecule has 2 rings (SSSR count). The van der Waals surface area contributed by atoms with Crippen molar-refractivity contribution in [2.24, 2.45) is 0 Å². The van der Waals surface area contributed by atoms with E-state index in [4.69, 9.17) is 17.0 Å². The first-order valence-electron chi connectivity index (χ1n) is 9.32. The molecule has 1 heterocycles. The lowest BCUT2D eigenvalue weighted by molar-refractivity contribution is -0.122. The number of nitrogens with zero attached hydrogens (tertiary/aromatic N) is 2. The van der Waals surface area contributed by atoms with Crippen molar-refractivity contribution in [3.8, 4) is 0 Å². The molecule has 1 saturated heterocycles. The Kier molecular flexibility index (Phi) is 7.85. The Labute approximate surface area is 162 Å². The highest BCUT2D eigenvalue weighted by atomic mass is 32.1. The zero-order chi connectivity index (χ0) is 18.9. The van der Waals surface area contributed by atoms with Crippen molar-refractivity contribution in [3.05, 3.63) is 48.2 Å². The van der Waals surface area contributed by atoms with Crippen molar-refractivity contribution in [2.45, 2.75) is 39.5 Å². The van der Waals surface area contributed by atoms with Gasteiger partial charge in [0.25, 0.3) is 11.1 Å². The minimum atomic E-state index is -0.216. The smallest absolute Gasteiger partial charge is 0.297 e. The molecule has 1 amide bonds. The van der Waals surface area contributed by atoms with Gasteiger partial charge in [-0.1, -0.05) is 44.9 Å². The van der Waals surface area contributed by atoms with Gasteiger partial charge in [-0.25, -0.2) is 0 Å². The molecular weight excluding hydrogens is 344 g/mol. The normalized spacial score (nSPS) is 15.5. The van der Waals surface area contributed by atoms with Gasteiger partial charge in [-0.2, -0.15) is 0 Å². The minimum Gasteiger partial charge on any atom is -0.426 e. The lowest BCUT2D eigenvalue weighted by Crippen LogP contribution is -2.28. The fourth-order valence-electron chi connectivity index (χ4n) is 2.79. The molecule has 0 atom stereocenters. The highest BCUT2D eigenvalue weighted by molar-refractivity contribution is 7.80. The van der Waals surface area contributed by atoms with Gasteiger partial charge < -0.3 is 9.64 Å². The van der Waals surface area contributed by atoms with Gasteiger partial charge in [-0.15, -0.1) is 6.58 Å². The predicted octanol–water partition coefficient (Wildman–Crippen LogP) is 4.76. The Hall–Kier alpha value is -2.14.